The van der Waals surface area contributed by atoms with Crippen molar-refractivity contribution in [3.05, 3.63) is 48.2 Å². The Labute approximate surface area is 92.4 Å². The van der Waals surface area contributed by atoms with E-state index in [1.54, 1.807) is 18.2 Å². The van der Waals surface area contributed by atoms with Crippen LogP contribution in [0.1, 0.15) is 10.6 Å². The minimum absolute atomic E-state index is 0.119. The maximum Gasteiger partial charge on any atom is 0.374 e. The Kier molecular flexibility index (Phi) is 2.91. The maximum absolute atomic E-state index is 11.1. The number of ether oxygens (including phenoxy) is 2. The molecule has 16 heavy (non-hydrogen) atoms. The van der Waals surface area contributed by atoms with Gasteiger partial charge in [0.1, 0.15) is 5.75 Å². The number of furan rings is 1. The van der Waals surface area contributed by atoms with Crippen molar-refractivity contribution < 1.29 is 18.7 Å². The van der Waals surface area contributed by atoms with Gasteiger partial charge < -0.3 is 13.9 Å². The molecule has 0 aliphatic heterocycles. The average molecular weight is 218 g/mol. The van der Waals surface area contributed by atoms with Gasteiger partial charge in [-0.2, -0.15) is 0 Å². The van der Waals surface area contributed by atoms with Gasteiger partial charge in [0.2, 0.25) is 5.76 Å². The van der Waals surface area contributed by atoms with E-state index < -0.39 is 5.97 Å². The molecule has 4 heteroatoms. The van der Waals surface area contributed by atoms with Gasteiger partial charge in [-0.1, -0.05) is 18.2 Å². The number of hydrogen-bond acceptors (Lipinski definition) is 4. The molecule has 2 aromatic rings. The Morgan fingerprint density at radius 1 is 1.12 bits per heavy atom. The lowest BCUT2D eigenvalue weighted by Crippen LogP contribution is -1.98. The van der Waals surface area contributed by atoms with Gasteiger partial charge in [-0.05, 0) is 18.2 Å². The molecule has 0 amide bonds. The Balaban J connectivity index is 2.12. The average Bonchev–Trinajstić information content (AvgIpc) is 2.78. The molecule has 0 saturated heterocycles. The van der Waals surface area contributed by atoms with E-state index in [1.807, 2.05) is 18.2 Å². The van der Waals surface area contributed by atoms with Gasteiger partial charge in [0, 0.05) is 6.07 Å². The summed E-state index contributed by atoms with van der Waals surface area (Å²) in [5, 5.41) is 0. The molecule has 0 radical (unpaired) electrons. The largest absolute Gasteiger partial charge is 0.463 e. The van der Waals surface area contributed by atoms with E-state index in [9.17, 15) is 4.79 Å². The summed E-state index contributed by atoms with van der Waals surface area (Å²) in [4.78, 5) is 11.1. The van der Waals surface area contributed by atoms with Crippen molar-refractivity contribution in [2.24, 2.45) is 0 Å². The molecule has 0 saturated carbocycles. The van der Waals surface area contributed by atoms with Crippen molar-refractivity contribution in [2.75, 3.05) is 7.11 Å². The predicted molar refractivity (Wildman–Crippen MR) is 56.6 cm³/mol. The molecule has 0 N–H and O–H groups in total. The molecule has 0 fully saturated rings. The zero-order valence-electron chi connectivity index (χ0n) is 8.67. The molecule has 0 unspecified atom stereocenters. The molecule has 1 aromatic heterocycles. The first kappa shape index (κ1) is 10.3. The Morgan fingerprint density at radius 3 is 2.56 bits per heavy atom. The second-order valence-corrected chi connectivity index (χ2v) is 3.03. The van der Waals surface area contributed by atoms with E-state index in [4.69, 9.17) is 9.15 Å². The Morgan fingerprint density at radius 2 is 1.88 bits per heavy atom. The first-order valence-corrected chi connectivity index (χ1v) is 4.70. The fourth-order valence-electron chi connectivity index (χ4n) is 1.19. The second kappa shape index (κ2) is 4.53. The summed E-state index contributed by atoms with van der Waals surface area (Å²) in [6.07, 6.45) is 0. The summed E-state index contributed by atoms with van der Waals surface area (Å²) in [7, 11) is 1.29. The second-order valence-electron chi connectivity index (χ2n) is 3.03. The Bertz CT molecular complexity index is 473. The fourth-order valence-corrected chi connectivity index (χ4v) is 1.19. The number of esters is 1. The smallest absolute Gasteiger partial charge is 0.374 e. The lowest BCUT2D eigenvalue weighted by atomic mass is 10.3. The first-order chi connectivity index (χ1) is 7.79. The van der Waals surface area contributed by atoms with Crippen LogP contribution in [0, 0.1) is 0 Å². The zero-order valence-corrected chi connectivity index (χ0v) is 8.67. The fraction of sp³-hybridized carbons (Fsp3) is 0.0833. The Hall–Kier alpha value is -2.23. The molecular weight excluding hydrogens is 208 g/mol. The molecule has 4 nitrogen and oxygen atoms in total. The number of carbonyl (C=O) groups excluding carboxylic acids is 1. The molecule has 82 valence electrons. The molecule has 0 atom stereocenters. The molecule has 1 aromatic carbocycles. The quantitative estimate of drug-likeness (QED) is 0.743. The lowest BCUT2D eigenvalue weighted by molar-refractivity contribution is 0.0560. The van der Waals surface area contributed by atoms with Crippen LogP contribution >= 0.6 is 0 Å². The maximum atomic E-state index is 11.1. The highest BCUT2D eigenvalue weighted by atomic mass is 16.6. The third-order valence-electron chi connectivity index (χ3n) is 1.93. The molecule has 0 bridgehead atoms. The number of rotatable bonds is 3. The van der Waals surface area contributed by atoms with Crippen molar-refractivity contribution in [2.45, 2.75) is 0 Å². The minimum atomic E-state index is -0.525. The normalized spacial score (nSPS) is 9.81. The topological polar surface area (TPSA) is 48.7 Å². The van der Waals surface area contributed by atoms with E-state index in [0.717, 1.165) is 0 Å². The standard InChI is InChI=1S/C12H10O4/c1-14-12(13)10-7-8-11(16-10)15-9-5-3-2-4-6-9/h2-8H,1H3. The van der Waals surface area contributed by atoms with Gasteiger partial charge in [-0.15, -0.1) is 0 Å². The van der Waals surface area contributed by atoms with Gasteiger partial charge in [0.15, 0.2) is 0 Å². The monoisotopic (exact) mass is 218 g/mol. The molecule has 1 heterocycles. The number of para-hydroxylation sites is 1. The van der Waals surface area contributed by atoms with Gasteiger partial charge in [-0.3, -0.25) is 0 Å². The van der Waals surface area contributed by atoms with Gasteiger partial charge in [0.05, 0.1) is 7.11 Å². The summed E-state index contributed by atoms with van der Waals surface area (Å²) in [6.45, 7) is 0. The van der Waals surface area contributed by atoms with Gasteiger partial charge in [-0.25, -0.2) is 4.79 Å². The van der Waals surface area contributed by atoms with Crippen LogP contribution in [0.25, 0.3) is 0 Å². The number of hydrogen-bond donors (Lipinski definition) is 0. The summed E-state index contributed by atoms with van der Waals surface area (Å²) in [6, 6.07) is 12.2. The first-order valence-electron chi connectivity index (χ1n) is 4.70. The van der Waals surface area contributed by atoms with Crippen LogP contribution in [-0.4, -0.2) is 13.1 Å². The van der Waals surface area contributed by atoms with Gasteiger partial charge in [0.25, 0.3) is 5.95 Å². The van der Waals surface area contributed by atoms with E-state index in [-0.39, 0.29) is 11.7 Å². The number of benzene rings is 1. The number of methoxy groups -OCH3 is 1. The summed E-state index contributed by atoms with van der Waals surface area (Å²) >= 11 is 0. The lowest BCUT2D eigenvalue weighted by Gasteiger charge is -2.00. The molecule has 2 rings (SSSR count). The molecule has 0 aliphatic rings. The zero-order chi connectivity index (χ0) is 11.4. The summed E-state index contributed by atoms with van der Waals surface area (Å²) in [5.41, 5.74) is 0. The van der Waals surface area contributed by atoms with Crippen molar-refractivity contribution >= 4 is 5.97 Å². The molecular formula is C12H10O4. The van der Waals surface area contributed by atoms with Crippen LogP contribution in [0.2, 0.25) is 0 Å². The van der Waals surface area contributed by atoms with Crippen molar-refractivity contribution in [3.8, 4) is 11.7 Å². The van der Waals surface area contributed by atoms with Crippen LogP contribution in [0.15, 0.2) is 46.9 Å². The molecule has 0 spiro atoms. The van der Waals surface area contributed by atoms with Crippen LogP contribution in [0.5, 0.6) is 11.7 Å². The summed E-state index contributed by atoms with van der Waals surface area (Å²) < 4.78 is 15.0. The third-order valence-corrected chi connectivity index (χ3v) is 1.93. The highest BCUT2D eigenvalue weighted by Crippen LogP contribution is 2.23. The van der Waals surface area contributed by atoms with Crippen molar-refractivity contribution in [3.63, 3.8) is 0 Å². The van der Waals surface area contributed by atoms with E-state index in [1.165, 1.54) is 13.2 Å². The SMILES string of the molecule is COC(=O)c1ccc(Oc2ccccc2)o1. The highest BCUT2D eigenvalue weighted by molar-refractivity contribution is 5.86. The predicted octanol–water partition coefficient (Wildman–Crippen LogP) is 2.86. The van der Waals surface area contributed by atoms with Gasteiger partial charge >= 0.3 is 5.97 Å². The van der Waals surface area contributed by atoms with Crippen LogP contribution in [-0.2, 0) is 4.74 Å². The van der Waals surface area contributed by atoms with Crippen LogP contribution in [0.3, 0.4) is 0 Å². The summed E-state index contributed by atoms with van der Waals surface area (Å²) in [5.74, 6) is 0.496. The number of carbonyl (C=O) groups is 1. The van der Waals surface area contributed by atoms with E-state index in [0.29, 0.717) is 5.75 Å². The van der Waals surface area contributed by atoms with Crippen LogP contribution < -0.4 is 4.74 Å². The third kappa shape index (κ3) is 2.23. The highest BCUT2D eigenvalue weighted by Gasteiger charge is 2.11. The van der Waals surface area contributed by atoms with Crippen molar-refractivity contribution in [1.29, 1.82) is 0 Å². The van der Waals surface area contributed by atoms with E-state index >= 15 is 0 Å². The molecule has 0 aliphatic carbocycles. The van der Waals surface area contributed by atoms with E-state index in [2.05, 4.69) is 4.74 Å². The minimum Gasteiger partial charge on any atom is -0.463 e. The van der Waals surface area contributed by atoms with Crippen LogP contribution in [0.4, 0.5) is 0 Å². The van der Waals surface area contributed by atoms with Crippen molar-refractivity contribution in [1.82, 2.24) is 0 Å².